The van der Waals surface area contributed by atoms with E-state index in [0.29, 0.717) is 16.5 Å². The molecule has 1 fully saturated rings. The first-order valence-electron chi connectivity index (χ1n) is 15.4. The predicted molar refractivity (Wildman–Crippen MR) is 191 cm³/mol. The minimum absolute atomic E-state index is 0.00964. The Labute approximate surface area is 321 Å². The van der Waals surface area contributed by atoms with Crippen molar-refractivity contribution in [3.8, 4) is 5.69 Å². The second kappa shape index (κ2) is 16.4. The standard InChI is InChI=1S/C29H31N9O7S3.C2HF3O2/c1-12-5-6-16(13(2)7-12)37-18(31)8-17(30)34-28(37)48-10-14-9-46-24-20(23(40)38(24)21(14)25(41)42)35-22(39)19(15-11-47-27(32)33-15)36-45-29(3,4)26(43)44;3-2(4,5)1(6)7/h5-8,11,20,24H,9-10H2,1-4H3,(H8,30,31,32,33,35,39,41,42,43,44);(H,6,7)/b36-19-;. The third-order valence-electron chi connectivity index (χ3n) is 7.57. The molecule has 2 amide bonds. The number of β-lactam (4-membered cyclic amide) rings is 1. The minimum atomic E-state index is -5.19. The Balaban J connectivity index is 0.000000876. The fourth-order valence-corrected chi connectivity index (χ4v) is 7.94. The molecule has 0 saturated carbocycles. The molecule has 2 aromatic heterocycles. The average Bonchev–Trinajstić information content (AvgIpc) is 3.51. The van der Waals surface area contributed by atoms with Crippen molar-refractivity contribution in [1.82, 2.24) is 20.2 Å². The quantitative estimate of drug-likeness (QED) is 0.0385. The highest BCUT2D eigenvalue weighted by atomic mass is 32.2. The number of oxime groups is 1. The molecular weight excluding hydrogens is 796 g/mol. The van der Waals surface area contributed by atoms with E-state index >= 15 is 0 Å². The highest BCUT2D eigenvalue weighted by molar-refractivity contribution is 8.01. The SMILES string of the molecule is Cc1ccc(-[n+]2c(N)cc(N)nc2SCC2=C(C(=O)O)N3C(=O)C(NC(=O)/C(=N\OC(C)(C)C(=O)O)c4csc(N)n4)C3SC2)c(C)c1.O=C([O-])C(F)(F)F. The third kappa shape index (κ3) is 9.55. The van der Waals surface area contributed by atoms with Gasteiger partial charge in [0.15, 0.2) is 10.8 Å². The van der Waals surface area contributed by atoms with E-state index in [0.717, 1.165) is 33.1 Å². The van der Waals surface area contributed by atoms with Gasteiger partial charge >= 0.3 is 23.3 Å². The zero-order valence-electron chi connectivity index (χ0n) is 29.0. The lowest BCUT2D eigenvalue weighted by Gasteiger charge is -2.49. The molecule has 18 nitrogen and oxygen atoms in total. The largest absolute Gasteiger partial charge is 0.542 e. The van der Waals surface area contributed by atoms with Crippen LogP contribution in [0.5, 0.6) is 0 Å². The molecule has 3 aromatic rings. The van der Waals surface area contributed by atoms with Gasteiger partial charge in [-0.3, -0.25) is 14.5 Å². The lowest BCUT2D eigenvalue weighted by atomic mass is 10.0. The number of nitrogens with zero attached hydrogens (tertiary/aromatic N) is 5. The molecule has 4 heterocycles. The van der Waals surface area contributed by atoms with Crippen molar-refractivity contribution in [2.45, 2.75) is 56.0 Å². The number of carbonyl (C=O) groups excluding carboxylic acids is 3. The summed E-state index contributed by atoms with van der Waals surface area (Å²) >= 11 is 3.52. The molecule has 9 N–H and O–H groups in total. The van der Waals surface area contributed by atoms with Crippen molar-refractivity contribution in [3.63, 3.8) is 0 Å². The first-order valence-corrected chi connectivity index (χ1v) is 18.3. The lowest BCUT2D eigenvalue weighted by molar-refractivity contribution is -0.626. The van der Waals surface area contributed by atoms with Gasteiger partial charge in [0.05, 0.1) is 6.07 Å². The van der Waals surface area contributed by atoms with Gasteiger partial charge < -0.3 is 47.5 Å². The van der Waals surface area contributed by atoms with Crippen molar-refractivity contribution in [2.75, 3.05) is 28.7 Å². The molecule has 1 aromatic carbocycles. The number of hydrogen-bond acceptors (Lipinski definition) is 16. The molecule has 0 radical (unpaired) electrons. The number of anilines is 3. The number of hydrogen-bond donors (Lipinski definition) is 6. The number of nitrogen functional groups attached to an aromatic ring is 3. The van der Waals surface area contributed by atoms with E-state index < -0.39 is 58.6 Å². The Kier molecular flexibility index (Phi) is 12.6. The third-order valence-corrected chi connectivity index (χ3v) is 10.6. The van der Waals surface area contributed by atoms with Crippen molar-refractivity contribution in [3.05, 3.63) is 57.7 Å². The maximum absolute atomic E-state index is 13.4. The number of nitrogens with two attached hydrogens (primary N) is 3. The van der Waals surface area contributed by atoms with E-state index in [2.05, 4.69) is 20.4 Å². The molecule has 24 heteroatoms. The average molecular weight is 828 g/mol. The Morgan fingerprint density at radius 2 is 1.80 bits per heavy atom. The minimum Gasteiger partial charge on any atom is -0.542 e. The van der Waals surface area contributed by atoms with E-state index in [1.807, 2.05) is 32.0 Å². The monoisotopic (exact) mass is 827 g/mol. The highest BCUT2D eigenvalue weighted by Crippen LogP contribution is 2.41. The van der Waals surface area contributed by atoms with Crippen LogP contribution in [-0.4, -0.2) is 95.2 Å². The number of benzene rings is 1. The highest BCUT2D eigenvalue weighted by Gasteiger charge is 2.54. The van der Waals surface area contributed by atoms with Crippen LogP contribution in [0.2, 0.25) is 0 Å². The molecule has 0 spiro atoms. The van der Waals surface area contributed by atoms with Gasteiger partial charge in [-0.05, 0) is 56.7 Å². The van der Waals surface area contributed by atoms with Crippen LogP contribution in [0.4, 0.5) is 29.9 Å². The number of aryl methyl sites for hydroxylation is 2. The number of alkyl halides is 3. The van der Waals surface area contributed by atoms with Crippen LogP contribution in [0.3, 0.4) is 0 Å². The maximum atomic E-state index is 13.4. The molecular formula is C31H32F3N9O9S3. The summed E-state index contributed by atoms with van der Waals surface area (Å²) in [5, 5.41) is 35.9. The fraction of sp³-hybridized carbons (Fsp3) is 0.323. The van der Waals surface area contributed by atoms with Gasteiger partial charge in [0.25, 0.3) is 11.8 Å². The number of thiazole rings is 1. The van der Waals surface area contributed by atoms with Crippen molar-refractivity contribution in [2.24, 2.45) is 5.16 Å². The summed E-state index contributed by atoms with van der Waals surface area (Å²) in [5.41, 5.74) is 19.0. The number of halogens is 3. The number of carbonyl (C=O) groups is 5. The Bertz CT molecular complexity index is 2130. The number of aromatic nitrogens is 3. The zero-order chi connectivity index (χ0) is 41.2. The number of amides is 2. The summed E-state index contributed by atoms with van der Waals surface area (Å²) < 4.78 is 33.3. The number of thioether (sulfide) groups is 2. The molecule has 2 aliphatic heterocycles. The van der Waals surface area contributed by atoms with Crippen molar-refractivity contribution < 1.29 is 61.9 Å². The lowest BCUT2D eigenvalue weighted by Crippen LogP contribution is -2.71. The van der Waals surface area contributed by atoms with Crippen LogP contribution in [0.15, 0.2) is 51.2 Å². The smallest absolute Gasteiger partial charge is 0.430 e. The summed E-state index contributed by atoms with van der Waals surface area (Å²) in [5.74, 6) is -6.25. The number of rotatable bonds is 11. The number of nitrogens with one attached hydrogen (secondary N) is 1. The van der Waals surface area contributed by atoms with E-state index in [9.17, 15) is 42.6 Å². The van der Waals surface area contributed by atoms with Gasteiger partial charge in [0.1, 0.15) is 34.5 Å². The summed E-state index contributed by atoms with van der Waals surface area (Å²) in [4.78, 5) is 74.3. The van der Waals surface area contributed by atoms with Crippen molar-refractivity contribution in [1.29, 1.82) is 0 Å². The molecule has 1 saturated heterocycles. The van der Waals surface area contributed by atoms with Crippen molar-refractivity contribution >= 4 is 87.1 Å². The fourth-order valence-electron chi connectivity index (χ4n) is 4.87. The normalized spacial score (nSPS) is 17.0. The van der Waals surface area contributed by atoms with E-state index in [1.54, 1.807) is 4.57 Å². The van der Waals surface area contributed by atoms with Crippen LogP contribution in [0, 0.1) is 13.8 Å². The van der Waals surface area contributed by atoms with Crippen LogP contribution >= 0.6 is 34.9 Å². The topological polar surface area (TPSA) is 293 Å². The van der Waals surface area contributed by atoms with Gasteiger partial charge in [0, 0.05) is 16.9 Å². The van der Waals surface area contributed by atoms with Gasteiger partial charge in [-0.15, -0.1) is 23.1 Å². The van der Waals surface area contributed by atoms with Crippen LogP contribution in [0.1, 0.15) is 30.7 Å². The molecule has 2 aliphatic rings. The number of carboxylic acid groups (broad SMARTS) is 3. The number of aliphatic carboxylic acids is 3. The van der Waals surface area contributed by atoms with Gasteiger partial charge in [-0.25, -0.2) is 14.6 Å². The van der Waals surface area contributed by atoms with E-state index in [-0.39, 0.29) is 33.8 Å². The first-order chi connectivity index (χ1) is 25.5. The second-order valence-corrected chi connectivity index (χ2v) is 15.1. The van der Waals surface area contributed by atoms with Gasteiger partial charge in [-0.1, -0.05) is 27.8 Å². The zero-order valence-corrected chi connectivity index (χ0v) is 31.5. The van der Waals surface area contributed by atoms with E-state index in [1.165, 1.54) is 48.8 Å². The summed E-state index contributed by atoms with van der Waals surface area (Å²) in [6.07, 6.45) is -5.19. The van der Waals surface area contributed by atoms with Crippen LogP contribution in [0.25, 0.3) is 5.69 Å². The molecule has 55 heavy (non-hydrogen) atoms. The Hall–Kier alpha value is -5.62. The molecule has 0 aliphatic carbocycles. The Morgan fingerprint density at radius 3 is 2.35 bits per heavy atom. The molecule has 0 bridgehead atoms. The number of carboxylic acids is 3. The molecule has 5 rings (SSSR count). The molecule has 2 unspecified atom stereocenters. The van der Waals surface area contributed by atoms with E-state index in [4.69, 9.17) is 31.9 Å². The Morgan fingerprint density at radius 1 is 1.15 bits per heavy atom. The molecule has 2 atom stereocenters. The second-order valence-electron chi connectivity index (χ2n) is 12.1. The first kappa shape index (κ1) is 42.1. The van der Waals surface area contributed by atoms with Crippen LogP contribution < -0.4 is 32.2 Å². The summed E-state index contributed by atoms with van der Waals surface area (Å²) in [6.45, 7) is 6.40. The van der Waals surface area contributed by atoms with Gasteiger partial charge in [-0.2, -0.15) is 17.7 Å². The molecule has 294 valence electrons. The maximum Gasteiger partial charge on any atom is 0.430 e. The summed E-state index contributed by atoms with van der Waals surface area (Å²) in [6, 6.07) is 6.29. The predicted octanol–water partition coefficient (Wildman–Crippen LogP) is 0.592. The van der Waals surface area contributed by atoms with Crippen LogP contribution in [-0.2, 0) is 28.8 Å². The number of fused-ring (bicyclic) bond motifs is 1. The summed E-state index contributed by atoms with van der Waals surface area (Å²) in [7, 11) is 0. The van der Waals surface area contributed by atoms with Gasteiger partial charge in [0.2, 0.25) is 17.2 Å².